The first kappa shape index (κ1) is 25.0. The molecule has 1 heterocycles. The predicted octanol–water partition coefficient (Wildman–Crippen LogP) is 1.96. The molecule has 0 atom stereocenters. The molecule has 1 aromatic heterocycles. The predicted molar refractivity (Wildman–Crippen MR) is 125 cm³/mol. The maximum Gasteiger partial charge on any atom is 0.251 e. The Balaban J connectivity index is 1.82. The number of hydrogen-bond donors (Lipinski definition) is 5. The largest absolute Gasteiger partial charge is 0.477 e. The lowest BCUT2D eigenvalue weighted by molar-refractivity contribution is 0.0879. The molecule has 10 nitrogen and oxygen atoms in total. The number of amides is 1. The van der Waals surface area contributed by atoms with E-state index in [1.165, 1.54) is 17.8 Å². The van der Waals surface area contributed by atoms with Crippen LogP contribution in [-0.4, -0.2) is 57.1 Å². The summed E-state index contributed by atoms with van der Waals surface area (Å²) in [5.41, 5.74) is 12.1. The van der Waals surface area contributed by atoms with Gasteiger partial charge in [0.25, 0.3) is 5.91 Å². The first-order chi connectivity index (χ1) is 15.8. The van der Waals surface area contributed by atoms with Crippen molar-refractivity contribution in [2.24, 2.45) is 5.73 Å². The van der Waals surface area contributed by atoms with E-state index in [9.17, 15) is 4.79 Å². The van der Waals surface area contributed by atoms with Gasteiger partial charge in [0.15, 0.2) is 11.0 Å². The van der Waals surface area contributed by atoms with Crippen molar-refractivity contribution in [1.29, 1.82) is 0 Å². The van der Waals surface area contributed by atoms with Crippen LogP contribution >= 0.6 is 35.0 Å². The van der Waals surface area contributed by atoms with Gasteiger partial charge < -0.3 is 26.0 Å². The summed E-state index contributed by atoms with van der Waals surface area (Å²) in [4.78, 5) is 25.6. The SMILES string of the molecule is NCOc1cc(-c2nc(N)nc(Sc3ccc(C(=O)NC(CO)CO)cc3)n2)c(Cl)cc1Cl. The maximum atomic E-state index is 12.2. The maximum absolute atomic E-state index is 12.2. The van der Waals surface area contributed by atoms with Gasteiger partial charge in [0.05, 0.1) is 29.3 Å². The lowest BCUT2D eigenvalue weighted by Crippen LogP contribution is -2.40. The molecular formula is C20H20Cl2N6O4S. The molecule has 0 aliphatic heterocycles. The third kappa shape index (κ3) is 6.44. The number of halogens is 2. The zero-order valence-corrected chi connectivity index (χ0v) is 19.4. The number of rotatable bonds is 9. The molecule has 0 aliphatic carbocycles. The van der Waals surface area contributed by atoms with Crippen LogP contribution in [0, 0.1) is 0 Å². The smallest absolute Gasteiger partial charge is 0.251 e. The Bertz CT molecular complexity index is 1130. The van der Waals surface area contributed by atoms with E-state index in [1.54, 1.807) is 30.3 Å². The number of carbonyl (C=O) groups excluding carboxylic acids is 1. The van der Waals surface area contributed by atoms with E-state index in [0.29, 0.717) is 32.1 Å². The molecule has 0 radical (unpaired) electrons. The lowest BCUT2D eigenvalue weighted by atomic mass is 10.2. The van der Waals surface area contributed by atoms with Gasteiger partial charge in [-0.15, -0.1) is 0 Å². The molecule has 174 valence electrons. The van der Waals surface area contributed by atoms with Crippen molar-refractivity contribution in [1.82, 2.24) is 20.3 Å². The van der Waals surface area contributed by atoms with Crippen LogP contribution in [-0.2, 0) is 0 Å². The number of aromatic nitrogens is 3. The number of nitrogens with two attached hydrogens (primary N) is 2. The standard InChI is InChI=1S/C20H20Cl2N6O4S/c21-14-6-15(22)16(32-9-23)5-13(14)17-26-19(24)28-20(27-17)33-12-3-1-10(2-4-12)18(31)25-11(7-29)8-30/h1-6,11,29-30H,7-9,23H2,(H,25,31)(H2,24,26,27,28). The van der Waals surface area contributed by atoms with Crippen LogP contribution in [0.25, 0.3) is 11.4 Å². The fourth-order valence-electron chi connectivity index (χ4n) is 2.64. The summed E-state index contributed by atoms with van der Waals surface area (Å²) >= 11 is 13.6. The zero-order chi connectivity index (χ0) is 24.0. The Labute approximate surface area is 203 Å². The second kappa shape index (κ2) is 11.5. The number of benzene rings is 2. The van der Waals surface area contributed by atoms with Crippen LogP contribution < -0.4 is 21.5 Å². The lowest BCUT2D eigenvalue weighted by Gasteiger charge is -2.13. The molecule has 1 amide bonds. The summed E-state index contributed by atoms with van der Waals surface area (Å²) in [7, 11) is 0. The Morgan fingerprint density at radius 3 is 2.42 bits per heavy atom. The van der Waals surface area contributed by atoms with E-state index in [-0.39, 0.29) is 31.7 Å². The van der Waals surface area contributed by atoms with E-state index < -0.39 is 11.9 Å². The van der Waals surface area contributed by atoms with Gasteiger partial charge in [0.2, 0.25) is 5.95 Å². The highest BCUT2D eigenvalue weighted by Crippen LogP contribution is 2.36. The van der Waals surface area contributed by atoms with E-state index in [4.69, 9.17) is 49.6 Å². The Kier molecular flexibility index (Phi) is 8.67. The second-order valence-electron chi connectivity index (χ2n) is 6.54. The summed E-state index contributed by atoms with van der Waals surface area (Å²) in [5, 5.41) is 21.6. The van der Waals surface area contributed by atoms with Gasteiger partial charge in [0, 0.05) is 16.0 Å². The van der Waals surface area contributed by atoms with E-state index in [0.717, 1.165) is 4.90 Å². The quantitative estimate of drug-likeness (QED) is 0.268. The Morgan fingerprint density at radius 1 is 1.09 bits per heavy atom. The van der Waals surface area contributed by atoms with Crippen molar-refractivity contribution in [3.8, 4) is 17.1 Å². The minimum Gasteiger partial charge on any atom is -0.477 e. The van der Waals surface area contributed by atoms with Crippen LogP contribution in [0.4, 0.5) is 5.95 Å². The van der Waals surface area contributed by atoms with Gasteiger partial charge in [-0.1, -0.05) is 23.2 Å². The van der Waals surface area contributed by atoms with E-state index in [2.05, 4.69) is 20.3 Å². The van der Waals surface area contributed by atoms with Crippen LogP contribution in [0.2, 0.25) is 10.0 Å². The number of carbonyl (C=O) groups is 1. The van der Waals surface area contributed by atoms with Gasteiger partial charge in [-0.3, -0.25) is 10.5 Å². The molecule has 0 saturated heterocycles. The van der Waals surface area contributed by atoms with Crippen LogP contribution in [0.3, 0.4) is 0 Å². The number of hydrogen-bond acceptors (Lipinski definition) is 10. The molecule has 0 aliphatic rings. The van der Waals surface area contributed by atoms with Gasteiger partial charge in [-0.25, -0.2) is 4.98 Å². The summed E-state index contributed by atoms with van der Waals surface area (Å²) in [5.74, 6) is 0.123. The molecule has 7 N–H and O–H groups in total. The van der Waals surface area contributed by atoms with Gasteiger partial charge >= 0.3 is 0 Å². The fraction of sp³-hybridized carbons (Fsp3) is 0.200. The summed E-state index contributed by atoms with van der Waals surface area (Å²) < 4.78 is 5.30. The minimum atomic E-state index is -0.728. The number of nitrogens with zero attached hydrogens (tertiary/aromatic N) is 3. The normalized spacial score (nSPS) is 11.0. The third-order valence-corrected chi connectivity index (χ3v) is 5.72. The van der Waals surface area contributed by atoms with Crippen LogP contribution in [0.5, 0.6) is 5.75 Å². The fourth-order valence-corrected chi connectivity index (χ4v) is 3.91. The van der Waals surface area contributed by atoms with E-state index in [1.807, 2.05) is 0 Å². The molecule has 0 saturated carbocycles. The number of anilines is 1. The summed E-state index contributed by atoms with van der Waals surface area (Å²) in [6.07, 6.45) is 0. The number of aliphatic hydroxyl groups excluding tert-OH is 2. The van der Waals surface area contributed by atoms with Crippen LogP contribution in [0.15, 0.2) is 46.5 Å². The Hall–Kier alpha value is -2.67. The van der Waals surface area contributed by atoms with Gasteiger partial charge in [0.1, 0.15) is 12.5 Å². The van der Waals surface area contributed by atoms with Crippen LogP contribution in [0.1, 0.15) is 10.4 Å². The second-order valence-corrected chi connectivity index (χ2v) is 8.39. The zero-order valence-electron chi connectivity index (χ0n) is 17.0. The first-order valence-electron chi connectivity index (χ1n) is 9.49. The molecule has 0 fully saturated rings. The minimum absolute atomic E-state index is 0.00939. The molecule has 3 rings (SSSR count). The number of aliphatic hydroxyl groups is 2. The van der Waals surface area contributed by atoms with Crippen molar-refractivity contribution >= 4 is 46.8 Å². The average molecular weight is 511 g/mol. The van der Waals surface area contributed by atoms with Crippen molar-refractivity contribution < 1.29 is 19.7 Å². The topological polar surface area (TPSA) is 170 Å². The molecule has 0 unspecified atom stereocenters. The molecule has 2 aromatic carbocycles. The van der Waals surface area contributed by atoms with Gasteiger partial charge in [-0.05, 0) is 48.2 Å². The molecular weight excluding hydrogens is 491 g/mol. The average Bonchev–Trinajstić information content (AvgIpc) is 2.79. The number of ether oxygens (including phenoxy) is 1. The highest BCUT2D eigenvalue weighted by molar-refractivity contribution is 7.99. The number of nitrogens with one attached hydrogen (secondary N) is 1. The summed E-state index contributed by atoms with van der Waals surface area (Å²) in [6.45, 7) is -0.802. The first-order valence-corrected chi connectivity index (χ1v) is 11.1. The molecule has 13 heteroatoms. The molecule has 0 bridgehead atoms. The van der Waals surface area contributed by atoms with Crippen molar-refractivity contribution in [2.75, 3.05) is 25.7 Å². The van der Waals surface area contributed by atoms with E-state index >= 15 is 0 Å². The Morgan fingerprint density at radius 2 is 1.79 bits per heavy atom. The molecule has 0 spiro atoms. The summed E-state index contributed by atoms with van der Waals surface area (Å²) in [6, 6.07) is 8.94. The van der Waals surface area contributed by atoms with Crippen molar-refractivity contribution in [2.45, 2.75) is 16.1 Å². The van der Waals surface area contributed by atoms with Crippen molar-refractivity contribution in [3.63, 3.8) is 0 Å². The molecule has 33 heavy (non-hydrogen) atoms. The monoisotopic (exact) mass is 510 g/mol. The van der Waals surface area contributed by atoms with Crippen molar-refractivity contribution in [3.05, 3.63) is 52.0 Å². The highest BCUT2D eigenvalue weighted by atomic mass is 35.5. The van der Waals surface area contributed by atoms with Gasteiger partial charge in [-0.2, -0.15) is 9.97 Å². The molecule has 3 aromatic rings. The third-order valence-electron chi connectivity index (χ3n) is 4.24. The number of nitrogen functional groups attached to an aromatic ring is 1. The highest BCUT2D eigenvalue weighted by Gasteiger charge is 2.16.